The van der Waals surface area contributed by atoms with Crippen molar-refractivity contribution in [1.29, 1.82) is 0 Å². The topological polar surface area (TPSA) is 135 Å². The molecule has 3 aliphatic rings. The minimum absolute atomic E-state index is 0.174. The zero-order valence-electron chi connectivity index (χ0n) is 30.7. The van der Waals surface area contributed by atoms with E-state index in [2.05, 4.69) is 19.9 Å². The third-order valence-electron chi connectivity index (χ3n) is 9.32. The molecule has 2 saturated heterocycles. The Labute approximate surface area is 309 Å². The van der Waals surface area contributed by atoms with Crippen LogP contribution in [0.25, 0.3) is 33.6 Å². The van der Waals surface area contributed by atoms with E-state index in [4.69, 9.17) is 30.5 Å². The van der Waals surface area contributed by atoms with Crippen LogP contribution in [-0.2, 0) is 9.47 Å². The van der Waals surface area contributed by atoms with Crippen molar-refractivity contribution in [3.63, 3.8) is 0 Å². The van der Waals surface area contributed by atoms with Gasteiger partial charge in [0.25, 0.3) is 0 Å². The van der Waals surface area contributed by atoms with Gasteiger partial charge in [-0.15, -0.1) is 0 Å². The molecule has 4 aromatic rings. The summed E-state index contributed by atoms with van der Waals surface area (Å²) in [5, 5.41) is 0.327. The van der Waals surface area contributed by atoms with Gasteiger partial charge in [-0.3, -0.25) is 9.80 Å². The number of benzene rings is 2. The van der Waals surface area contributed by atoms with Crippen molar-refractivity contribution >= 4 is 23.8 Å². The predicted octanol–water partition coefficient (Wildman–Crippen LogP) is 9.09. The van der Waals surface area contributed by atoms with Crippen molar-refractivity contribution in [3.8, 4) is 45.1 Å². The van der Waals surface area contributed by atoms with Crippen LogP contribution in [0.2, 0.25) is 5.15 Å². The number of H-pyrrole nitrogens is 2. The molecule has 2 amide bonds. The van der Waals surface area contributed by atoms with E-state index in [1.54, 1.807) is 9.80 Å². The van der Waals surface area contributed by atoms with Crippen LogP contribution in [0.5, 0.6) is 11.5 Å². The molecule has 3 aliphatic heterocycles. The maximum Gasteiger partial charge on any atom is 0.410 e. The number of aromatic amines is 2. The number of carbonyl (C=O) groups excluding carboxylic acids is 2. The molecule has 0 bridgehead atoms. The van der Waals surface area contributed by atoms with Crippen LogP contribution < -0.4 is 9.47 Å². The number of carbonyl (C=O) groups is 2. The molecule has 0 aliphatic carbocycles. The number of aromatic nitrogens is 4. The van der Waals surface area contributed by atoms with Gasteiger partial charge < -0.3 is 28.9 Å². The summed E-state index contributed by atoms with van der Waals surface area (Å²) in [5.74, 6) is 2.80. The smallest absolute Gasteiger partial charge is 0.410 e. The third-order valence-corrected chi connectivity index (χ3v) is 9.60. The van der Waals surface area contributed by atoms with Crippen LogP contribution in [0.1, 0.15) is 97.4 Å². The molecule has 5 heterocycles. The monoisotopic (exact) mass is 730 g/mol. The van der Waals surface area contributed by atoms with Crippen molar-refractivity contribution in [2.45, 2.75) is 96.9 Å². The summed E-state index contributed by atoms with van der Waals surface area (Å²) < 4.78 is 24.0. The summed E-state index contributed by atoms with van der Waals surface area (Å²) in [7, 11) is 0. The van der Waals surface area contributed by atoms with Crippen LogP contribution in [0.3, 0.4) is 0 Å². The first kappa shape index (κ1) is 35.7. The number of halogens is 1. The Hall–Kier alpha value is -4.71. The number of imidazole rings is 2. The SMILES string of the molecule is CC(C)(C)OC(=O)N1CCC[C@H]1c1ncc(-c2ccc3c(c2)OCCCOc2cc(-c4[nH]c([C@@H]5CCCN5C(=O)OC(C)(C)C)nc4Cl)ccc2-3)[nH]1. The Morgan fingerprint density at radius 3 is 1.88 bits per heavy atom. The van der Waals surface area contributed by atoms with Crippen LogP contribution in [0, 0.1) is 0 Å². The molecule has 0 unspecified atom stereocenters. The fourth-order valence-electron chi connectivity index (χ4n) is 7.03. The molecule has 0 spiro atoms. The minimum atomic E-state index is -0.592. The molecule has 2 aromatic carbocycles. The van der Waals surface area contributed by atoms with Gasteiger partial charge in [-0.2, -0.15) is 0 Å². The van der Waals surface area contributed by atoms with Crippen LogP contribution in [-0.4, -0.2) is 79.4 Å². The Morgan fingerprint density at radius 1 is 0.769 bits per heavy atom. The molecule has 2 N–H and O–H groups in total. The van der Waals surface area contributed by atoms with Crippen molar-refractivity contribution in [1.82, 2.24) is 29.7 Å². The van der Waals surface area contributed by atoms with E-state index in [1.807, 2.05) is 84.1 Å². The van der Waals surface area contributed by atoms with Gasteiger partial charge in [-0.1, -0.05) is 23.7 Å². The highest BCUT2D eigenvalue weighted by Gasteiger charge is 2.37. The lowest BCUT2D eigenvalue weighted by atomic mass is 9.98. The summed E-state index contributed by atoms with van der Waals surface area (Å²) in [4.78, 5) is 45.6. The van der Waals surface area contributed by atoms with E-state index in [1.165, 1.54) is 0 Å². The maximum absolute atomic E-state index is 13.0. The third kappa shape index (κ3) is 7.58. The molecule has 0 saturated carbocycles. The highest BCUT2D eigenvalue weighted by Crippen LogP contribution is 2.43. The van der Waals surface area contributed by atoms with E-state index in [-0.39, 0.29) is 24.3 Å². The highest BCUT2D eigenvalue weighted by atomic mass is 35.5. The largest absolute Gasteiger partial charge is 0.493 e. The molecular formula is C39H47ClN6O6. The Morgan fingerprint density at radius 2 is 1.31 bits per heavy atom. The molecule has 2 fully saturated rings. The molecule has 7 rings (SSSR count). The van der Waals surface area contributed by atoms with Gasteiger partial charge in [0.15, 0.2) is 5.15 Å². The van der Waals surface area contributed by atoms with E-state index in [9.17, 15) is 9.59 Å². The van der Waals surface area contributed by atoms with Gasteiger partial charge in [-0.05, 0) is 91.5 Å². The summed E-state index contributed by atoms with van der Waals surface area (Å²) in [6.07, 6.45) is 5.14. The van der Waals surface area contributed by atoms with Gasteiger partial charge in [0.1, 0.15) is 34.3 Å². The quantitative estimate of drug-likeness (QED) is 0.212. The highest BCUT2D eigenvalue weighted by molar-refractivity contribution is 6.32. The molecule has 0 radical (unpaired) electrons. The molecule has 52 heavy (non-hydrogen) atoms. The number of likely N-dealkylation sites (tertiary alicyclic amines) is 2. The van der Waals surface area contributed by atoms with E-state index in [0.717, 1.165) is 65.2 Å². The van der Waals surface area contributed by atoms with Gasteiger partial charge in [0, 0.05) is 41.8 Å². The number of amides is 2. The molecule has 2 atom stereocenters. The normalized spacial score (nSPS) is 19.1. The van der Waals surface area contributed by atoms with E-state index in [0.29, 0.717) is 55.1 Å². The number of nitrogens with zero attached hydrogens (tertiary/aromatic N) is 4. The number of rotatable bonds is 4. The average molecular weight is 731 g/mol. The number of fused-ring (bicyclic) bond motifs is 3. The Bertz CT molecular complexity index is 1960. The molecule has 12 nitrogen and oxygen atoms in total. The average Bonchev–Trinajstić information content (AvgIpc) is 3.89. The van der Waals surface area contributed by atoms with E-state index < -0.39 is 11.2 Å². The lowest BCUT2D eigenvalue weighted by molar-refractivity contribution is 0.0208. The van der Waals surface area contributed by atoms with Gasteiger partial charge in [0.05, 0.1) is 42.9 Å². The number of hydrogen-bond donors (Lipinski definition) is 2. The standard InChI is InChI=1S/C39H47ClN6O6/c1-38(2,3)51-36(47)45-16-7-10-28(45)34-41-22-27(42-34)23-12-14-25-26-15-13-24(21-31(26)50-19-9-18-49-30(25)20-23)32-33(40)44-35(43-32)29-11-8-17-46(29)37(48)52-39(4,5)6/h12-15,20-22,28-29H,7-11,16-19H2,1-6H3,(H,41,42)(H,43,44)/t28-,29-/m0/s1. The summed E-state index contributed by atoms with van der Waals surface area (Å²) in [6, 6.07) is 11.6. The zero-order valence-corrected chi connectivity index (χ0v) is 31.4. The molecular weight excluding hydrogens is 684 g/mol. The lowest BCUT2D eigenvalue weighted by Crippen LogP contribution is -2.36. The zero-order chi connectivity index (χ0) is 36.8. The first-order valence-corrected chi connectivity index (χ1v) is 18.5. The first-order valence-electron chi connectivity index (χ1n) is 18.1. The minimum Gasteiger partial charge on any atom is -0.493 e. The second kappa shape index (κ2) is 14.0. The molecule has 276 valence electrons. The first-order chi connectivity index (χ1) is 24.7. The van der Waals surface area contributed by atoms with Crippen LogP contribution in [0.4, 0.5) is 9.59 Å². The van der Waals surface area contributed by atoms with Crippen molar-refractivity contribution < 1.29 is 28.5 Å². The van der Waals surface area contributed by atoms with Gasteiger partial charge in [0.2, 0.25) is 0 Å². The Kier molecular flexibility index (Phi) is 9.62. The van der Waals surface area contributed by atoms with Crippen molar-refractivity contribution in [2.24, 2.45) is 0 Å². The summed E-state index contributed by atoms with van der Waals surface area (Å²) >= 11 is 6.74. The van der Waals surface area contributed by atoms with Gasteiger partial charge >= 0.3 is 12.2 Å². The second-order valence-corrected chi connectivity index (χ2v) is 16.0. The Balaban J connectivity index is 1.14. The number of hydrogen-bond acceptors (Lipinski definition) is 8. The fraction of sp³-hybridized carbons (Fsp3) is 0.487. The number of ether oxygens (including phenoxy) is 4. The molecule has 2 aromatic heterocycles. The van der Waals surface area contributed by atoms with Gasteiger partial charge in [-0.25, -0.2) is 19.6 Å². The van der Waals surface area contributed by atoms with E-state index >= 15 is 0 Å². The maximum atomic E-state index is 13.0. The van der Waals surface area contributed by atoms with Crippen molar-refractivity contribution in [3.05, 3.63) is 59.4 Å². The predicted molar refractivity (Wildman–Crippen MR) is 197 cm³/mol. The van der Waals surface area contributed by atoms with Crippen molar-refractivity contribution in [2.75, 3.05) is 26.3 Å². The lowest BCUT2D eigenvalue weighted by Gasteiger charge is -2.27. The fourth-order valence-corrected chi connectivity index (χ4v) is 7.27. The number of nitrogens with one attached hydrogen (secondary N) is 2. The molecule has 13 heteroatoms. The second-order valence-electron chi connectivity index (χ2n) is 15.6. The summed E-state index contributed by atoms with van der Waals surface area (Å²) in [6.45, 7) is 13.4. The van der Waals surface area contributed by atoms with Crippen LogP contribution in [0.15, 0.2) is 42.6 Å². The summed E-state index contributed by atoms with van der Waals surface area (Å²) in [5.41, 5.74) is 3.86. The van der Waals surface area contributed by atoms with Crippen LogP contribution >= 0.6 is 11.6 Å².